The number of hydrogen-bond donors (Lipinski definition) is 3. The number of rotatable bonds is 7. The number of piperidine rings is 1. The van der Waals surface area contributed by atoms with Gasteiger partial charge in [0.05, 0.1) is 6.04 Å². The molecule has 3 fully saturated rings. The molecule has 1 amide bonds. The van der Waals surface area contributed by atoms with Gasteiger partial charge in [0.15, 0.2) is 6.19 Å². The van der Waals surface area contributed by atoms with E-state index in [0.717, 1.165) is 48.8 Å². The van der Waals surface area contributed by atoms with Crippen LogP contribution in [0.25, 0.3) is 0 Å². The molecule has 2 aliphatic carbocycles. The summed E-state index contributed by atoms with van der Waals surface area (Å²) in [5.41, 5.74) is 8.59. The van der Waals surface area contributed by atoms with E-state index < -0.39 is 0 Å². The van der Waals surface area contributed by atoms with E-state index in [9.17, 15) is 10.1 Å². The zero-order valence-corrected chi connectivity index (χ0v) is 19.2. The van der Waals surface area contributed by atoms with Crippen molar-refractivity contribution in [2.45, 2.75) is 64.3 Å². The Morgan fingerprint density at radius 3 is 2.62 bits per heavy atom. The number of nitrogens with zero attached hydrogens (tertiary/aromatic N) is 3. The maximum absolute atomic E-state index is 10.8. The zero-order chi connectivity index (χ0) is 22.9. The average Bonchev–Trinajstić information content (AvgIpc) is 3.65. The molecule has 5 N–H and O–H groups in total. The van der Waals surface area contributed by atoms with Gasteiger partial charge in [-0.2, -0.15) is 5.26 Å². The van der Waals surface area contributed by atoms with Gasteiger partial charge in [-0.3, -0.25) is 4.79 Å². The lowest BCUT2D eigenvalue weighted by molar-refractivity contribution is -0.105. The van der Waals surface area contributed by atoms with Crippen molar-refractivity contribution >= 4 is 12.1 Å². The molecular weight excluding hydrogens is 400 g/mol. The lowest BCUT2D eigenvalue weighted by Gasteiger charge is -2.44. The third-order valence-electron chi connectivity index (χ3n) is 6.91. The largest absolute Gasteiger partial charge is 0.401 e. The van der Waals surface area contributed by atoms with Crippen molar-refractivity contribution in [1.82, 2.24) is 9.91 Å². The van der Waals surface area contributed by atoms with Crippen molar-refractivity contribution in [2.24, 2.45) is 29.3 Å². The van der Waals surface area contributed by atoms with Crippen LogP contribution in [-0.4, -0.2) is 29.4 Å². The van der Waals surface area contributed by atoms with Crippen LogP contribution in [0.1, 0.15) is 69.9 Å². The van der Waals surface area contributed by atoms with Gasteiger partial charge in [-0.1, -0.05) is 44.4 Å². The quantitative estimate of drug-likeness (QED) is 0.256. The van der Waals surface area contributed by atoms with Crippen molar-refractivity contribution < 1.29 is 4.79 Å². The Hall–Kier alpha value is -2.72. The van der Waals surface area contributed by atoms with Gasteiger partial charge in [0.25, 0.3) is 0 Å². The standard InChI is InChI=1S/C17H21N3O.C8H17N3/c18-11-20-10-14-6-2-1-5-13(14)9-17(20)15-7-3-4-8-16(15)19-12-21;1-2-5-11(10)6-8(9)7-3-4-7/h3-4,7-8,12-14,17H,1-2,5-6,9-10H2,(H,19,21);6-7H,2-5,9-10H2,1H3/b;8-6-. The lowest BCUT2D eigenvalue weighted by Crippen LogP contribution is -2.41. The fourth-order valence-electron chi connectivity index (χ4n) is 5.05. The van der Waals surface area contributed by atoms with Gasteiger partial charge in [-0.05, 0) is 55.6 Å². The van der Waals surface area contributed by atoms with Crippen LogP contribution in [0.2, 0.25) is 0 Å². The minimum atomic E-state index is 0.0954. The predicted molar refractivity (Wildman–Crippen MR) is 127 cm³/mol. The van der Waals surface area contributed by atoms with Crippen molar-refractivity contribution in [3.8, 4) is 6.19 Å². The Morgan fingerprint density at radius 1 is 1.25 bits per heavy atom. The van der Waals surface area contributed by atoms with E-state index in [-0.39, 0.29) is 6.04 Å². The molecule has 174 valence electrons. The van der Waals surface area contributed by atoms with E-state index in [2.05, 4.69) is 18.4 Å². The Kier molecular flexibility index (Phi) is 8.81. The van der Waals surface area contributed by atoms with E-state index in [0.29, 0.717) is 18.2 Å². The van der Waals surface area contributed by atoms with Crippen LogP contribution < -0.4 is 16.9 Å². The third kappa shape index (κ3) is 6.39. The maximum atomic E-state index is 10.8. The fraction of sp³-hybridized carbons (Fsp3) is 0.600. The molecule has 1 aromatic carbocycles. The number of nitrogens with two attached hydrogens (primary N) is 2. The van der Waals surface area contributed by atoms with E-state index in [1.165, 1.54) is 38.5 Å². The number of nitriles is 1. The van der Waals surface area contributed by atoms with Gasteiger partial charge in [-0.15, -0.1) is 0 Å². The number of carbonyl (C=O) groups is 1. The second-order valence-electron chi connectivity index (χ2n) is 9.30. The number of carbonyl (C=O) groups excluding carboxylic acids is 1. The topological polar surface area (TPSA) is 111 Å². The van der Waals surface area contributed by atoms with E-state index in [1.807, 2.05) is 35.4 Å². The maximum Gasteiger partial charge on any atom is 0.211 e. The molecule has 3 unspecified atom stereocenters. The second-order valence-corrected chi connectivity index (χ2v) is 9.30. The number of allylic oxidation sites excluding steroid dienone is 1. The molecule has 7 heteroatoms. The minimum absolute atomic E-state index is 0.0954. The van der Waals surface area contributed by atoms with Gasteiger partial charge >= 0.3 is 0 Å². The molecule has 0 aromatic heterocycles. The van der Waals surface area contributed by atoms with E-state index in [4.69, 9.17) is 11.6 Å². The summed E-state index contributed by atoms with van der Waals surface area (Å²) >= 11 is 0. The summed E-state index contributed by atoms with van der Waals surface area (Å²) in [6, 6.07) is 7.93. The molecule has 32 heavy (non-hydrogen) atoms. The smallest absolute Gasteiger partial charge is 0.211 e. The highest BCUT2D eigenvalue weighted by atomic mass is 16.1. The Labute approximate surface area is 192 Å². The first-order chi connectivity index (χ1) is 15.6. The number of hydrogen-bond acceptors (Lipinski definition) is 6. The fourth-order valence-corrected chi connectivity index (χ4v) is 5.05. The molecule has 0 spiro atoms. The number of benzene rings is 1. The first kappa shape index (κ1) is 23.9. The molecule has 1 heterocycles. The van der Waals surface area contributed by atoms with Crippen molar-refractivity contribution in [1.29, 1.82) is 5.26 Å². The summed E-state index contributed by atoms with van der Waals surface area (Å²) in [4.78, 5) is 12.7. The van der Waals surface area contributed by atoms with Crippen LogP contribution in [0.15, 0.2) is 36.2 Å². The summed E-state index contributed by atoms with van der Waals surface area (Å²) in [7, 11) is 0. The Morgan fingerprint density at radius 2 is 1.97 bits per heavy atom. The molecule has 0 bridgehead atoms. The number of amides is 1. The van der Waals surface area contributed by atoms with Crippen LogP contribution in [0.5, 0.6) is 0 Å². The van der Waals surface area contributed by atoms with Gasteiger partial charge in [0.1, 0.15) is 0 Å². The molecule has 1 aromatic rings. The SMILES string of the molecule is CCCN(N)/C=C(\N)C1CC1.N#CN1CC2CCCCC2CC1c1ccccc1NC=O. The Balaban J connectivity index is 0.000000222. The van der Waals surface area contributed by atoms with Gasteiger partial charge in [0, 0.05) is 36.6 Å². The highest BCUT2D eigenvalue weighted by Gasteiger charge is 2.37. The molecule has 1 saturated heterocycles. The van der Waals surface area contributed by atoms with Crippen molar-refractivity contribution in [3.05, 3.63) is 41.7 Å². The number of nitrogens with one attached hydrogen (secondary N) is 1. The Bertz CT molecular complexity index is 815. The van der Waals surface area contributed by atoms with E-state index in [1.54, 1.807) is 5.01 Å². The first-order valence-electron chi connectivity index (χ1n) is 12.0. The minimum Gasteiger partial charge on any atom is -0.401 e. The zero-order valence-electron chi connectivity index (χ0n) is 19.2. The average molecular weight is 439 g/mol. The van der Waals surface area contributed by atoms with Gasteiger partial charge in [-0.25, -0.2) is 5.84 Å². The monoisotopic (exact) mass is 438 g/mol. The normalized spacial score (nSPS) is 25.0. The molecule has 1 aliphatic heterocycles. The van der Waals surface area contributed by atoms with E-state index >= 15 is 0 Å². The summed E-state index contributed by atoms with van der Waals surface area (Å²) < 4.78 is 0. The van der Waals surface area contributed by atoms with Gasteiger partial charge < -0.3 is 21.0 Å². The van der Waals surface area contributed by atoms with Crippen LogP contribution in [0.3, 0.4) is 0 Å². The molecule has 3 atom stereocenters. The summed E-state index contributed by atoms with van der Waals surface area (Å²) in [5, 5.41) is 14.0. The van der Waals surface area contributed by atoms with Crippen LogP contribution in [0, 0.1) is 29.2 Å². The van der Waals surface area contributed by atoms with Crippen molar-refractivity contribution in [2.75, 3.05) is 18.4 Å². The van der Waals surface area contributed by atoms with Crippen LogP contribution in [-0.2, 0) is 4.79 Å². The number of hydrazine groups is 1. The number of fused-ring (bicyclic) bond motifs is 1. The van der Waals surface area contributed by atoms with Crippen LogP contribution >= 0.6 is 0 Å². The molecule has 4 rings (SSSR count). The third-order valence-corrected chi connectivity index (χ3v) is 6.91. The summed E-state index contributed by atoms with van der Waals surface area (Å²) in [6.07, 6.45) is 14.7. The summed E-state index contributed by atoms with van der Waals surface area (Å²) in [5.74, 6) is 7.64. The summed E-state index contributed by atoms with van der Waals surface area (Å²) in [6.45, 7) is 3.84. The lowest BCUT2D eigenvalue weighted by atomic mass is 9.72. The molecule has 2 saturated carbocycles. The first-order valence-corrected chi connectivity index (χ1v) is 12.0. The van der Waals surface area contributed by atoms with Crippen molar-refractivity contribution in [3.63, 3.8) is 0 Å². The number of likely N-dealkylation sites (tertiary alicyclic amines) is 1. The highest BCUT2D eigenvalue weighted by Crippen LogP contribution is 2.44. The number of para-hydroxylation sites is 1. The number of anilines is 1. The second kappa shape index (κ2) is 11.8. The predicted octanol–water partition coefficient (Wildman–Crippen LogP) is 4.07. The molecule has 3 aliphatic rings. The molecule has 0 radical (unpaired) electrons. The van der Waals surface area contributed by atoms with Crippen LogP contribution in [0.4, 0.5) is 5.69 Å². The van der Waals surface area contributed by atoms with Gasteiger partial charge in [0.2, 0.25) is 6.41 Å². The molecule has 7 nitrogen and oxygen atoms in total. The molecular formula is C25H38N6O. The highest BCUT2D eigenvalue weighted by molar-refractivity contribution is 5.73.